The number of piperidine rings is 1. The highest BCUT2D eigenvalue weighted by Crippen LogP contribution is 2.24. The summed E-state index contributed by atoms with van der Waals surface area (Å²) in [6.07, 6.45) is 9.90. The highest BCUT2D eigenvalue weighted by atomic mass is 16.5. The smallest absolute Gasteiger partial charge is 0.317 e. The van der Waals surface area contributed by atoms with Crippen LogP contribution in [0.1, 0.15) is 32.6 Å². The number of carbonyl (C=O) groups excluding carboxylic acids is 1. The number of likely N-dealkylation sites (tertiary alicyclic amines) is 1. The highest BCUT2D eigenvalue weighted by Gasteiger charge is 2.31. The Balaban J connectivity index is 1.40. The Hall–Kier alpha value is -1.56. The Labute approximate surface area is 131 Å². The standard InChI is InChI=1S/C16H26N4O2/c1-16(5-2-10-22-16)12-18-15(21)20-7-3-14(4-8-20)11-19-9-6-17-13-19/h6,9,13-14H,2-5,7-8,10-12H2,1H3,(H,18,21)/t16-/m1/s1. The van der Waals surface area contributed by atoms with Gasteiger partial charge in [-0.25, -0.2) is 9.78 Å². The molecule has 0 aliphatic carbocycles. The first-order valence-corrected chi connectivity index (χ1v) is 8.27. The second kappa shape index (κ2) is 6.69. The molecule has 2 amide bonds. The second-order valence-corrected chi connectivity index (χ2v) is 6.75. The van der Waals surface area contributed by atoms with Crippen molar-refractivity contribution in [1.82, 2.24) is 19.8 Å². The topological polar surface area (TPSA) is 59.4 Å². The van der Waals surface area contributed by atoms with Crippen molar-refractivity contribution in [1.29, 1.82) is 0 Å². The molecule has 3 heterocycles. The molecule has 2 fully saturated rings. The van der Waals surface area contributed by atoms with Gasteiger partial charge in [0.15, 0.2) is 0 Å². The van der Waals surface area contributed by atoms with E-state index in [-0.39, 0.29) is 11.6 Å². The predicted octanol–water partition coefficient (Wildman–Crippen LogP) is 1.87. The Morgan fingerprint density at radius 3 is 2.91 bits per heavy atom. The summed E-state index contributed by atoms with van der Waals surface area (Å²) in [5.41, 5.74) is -0.171. The van der Waals surface area contributed by atoms with E-state index < -0.39 is 0 Å². The van der Waals surface area contributed by atoms with Gasteiger partial charge in [0, 0.05) is 45.2 Å². The van der Waals surface area contributed by atoms with Gasteiger partial charge in [0.25, 0.3) is 0 Å². The molecular weight excluding hydrogens is 280 g/mol. The van der Waals surface area contributed by atoms with Crippen molar-refractivity contribution in [2.75, 3.05) is 26.2 Å². The van der Waals surface area contributed by atoms with Crippen molar-refractivity contribution in [3.63, 3.8) is 0 Å². The molecule has 0 bridgehead atoms. The summed E-state index contributed by atoms with van der Waals surface area (Å²) < 4.78 is 7.84. The maximum absolute atomic E-state index is 12.3. The largest absolute Gasteiger partial charge is 0.373 e. The molecule has 0 radical (unpaired) electrons. The van der Waals surface area contributed by atoms with Crippen molar-refractivity contribution in [2.24, 2.45) is 5.92 Å². The summed E-state index contributed by atoms with van der Waals surface area (Å²) in [7, 11) is 0. The minimum Gasteiger partial charge on any atom is -0.373 e. The zero-order valence-electron chi connectivity index (χ0n) is 13.3. The van der Waals surface area contributed by atoms with Crippen LogP contribution < -0.4 is 5.32 Å². The van der Waals surface area contributed by atoms with Gasteiger partial charge in [-0.05, 0) is 38.5 Å². The first-order valence-electron chi connectivity index (χ1n) is 8.27. The number of amides is 2. The van der Waals surface area contributed by atoms with Crippen molar-refractivity contribution in [3.05, 3.63) is 18.7 Å². The van der Waals surface area contributed by atoms with E-state index in [9.17, 15) is 4.79 Å². The molecule has 6 nitrogen and oxygen atoms in total. The van der Waals surface area contributed by atoms with Gasteiger partial charge in [0.2, 0.25) is 0 Å². The lowest BCUT2D eigenvalue weighted by atomic mass is 9.97. The fourth-order valence-corrected chi connectivity index (χ4v) is 3.36. The van der Waals surface area contributed by atoms with E-state index in [4.69, 9.17) is 4.74 Å². The van der Waals surface area contributed by atoms with Crippen molar-refractivity contribution in [3.8, 4) is 0 Å². The number of imidazole rings is 1. The van der Waals surface area contributed by atoms with Crippen LogP contribution in [0.5, 0.6) is 0 Å². The molecule has 0 saturated carbocycles. The first-order chi connectivity index (χ1) is 10.6. The Bertz CT molecular complexity index is 474. The molecule has 122 valence electrons. The van der Waals surface area contributed by atoms with E-state index in [2.05, 4.69) is 21.8 Å². The van der Waals surface area contributed by atoms with E-state index in [0.29, 0.717) is 12.5 Å². The quantitative estimate of drug-likeness (QED) is 0.924. The summed E-state index contributed by atoms with van der Waals surface area (Å²) in [6.45, 7) is 6.18. The summed E-state index contributed by atoms with van der Waals surface area (Å²) in [4.78, 5) is 18.3. The molecule has 0 aromatic carbocycles. The summed E-state index contributed by atoms with van der Waals surface area (Å²) >= 11 is 0. The average Bonchev–Trinajstić information content (AvgIpc) is 3.18. The van der Waals surface area contributed by atoms with Crippen LogP contribution in [0.3, 0.4) is 0 Å². The molecular formula is C16H26N4O2. The lowest BCUT2D eigenvalue weighted by molar-refractivity contribution is 0.0215. The average molecular weight is 306 g/mol. The molecule has 1 aromatic heterocycles. The molecule has 1 atom stereocenters. The van der Waals surface area contributed by atoms with Gasteiger partial charge in [-0.15, -0.1) is 0 Å². The van der Waals surface area contributed by atoms with Crippen molar-refractivity contribution < 1.29 is 9.53 Å². The molecule has 22 heavy (non-hydrogen) atoms. The fourth-order valence-electron chi connectivity index (χ4n) is 3.36. The third kappa shape index (κ3) is 3.80. The molecule has 1 aromatic rings. The number of ether oxygens (including phenoxy) is 1. The van der Waals surface area contributed by atoms with Crippen LogP contribution in [0.2, 0.25) is 0 Å². The number of rotatable bonds is 4. The molecule has 1 N–H and O–H groups in total. The van der Waals surface area contributed by atoms with Gasteiger partial charge in [-0.3, -0.25) is 0 Å². The second-order valence-electron chi connectivity index (χ2n) is 6.75. The van der Waals surface area contributed by atoms with E-state index in [1.54, 1.807) is 0 Å². The van der Waals surface area contributed by atoms with Crippen LogP contribution in [0.25, 0.3) is 0 Å². The van der Waals surface area contributed by atoms with Gasteiger partial charge in [-0.2, -0.15) is 0 Å². The van der Waals surface area contributed by atoms with E-state index in [1.807, 2.05) is 23.6 Å². The SMILES string of the molecule is C[C@]1(CNC(=O)N2CCC(Cn3ccnc3)CC2)CCCO1. The van der Waals surface area contributed by atoms with Crippen LogP contribution in [0.15, 0.2) is 18.7 Å². The highest BCUT2D eigenvalue weighted by molar-refractivity contribution is 5.74. The molecule has 2 aliphatic rings. The van der Waals surface area contributed by atoms with E-state index >= 15 is 0 Å². The van der Waals surface area contributed by atoms with Gasteiger partial charge < -0.3 is 19.5 Å². The van der Waals surface area contributed by atoms with Crippen molar-refractivity contribution >= 4 is 6.03 Å². The van der Waals surface area contributed by atoms with Crippen LogP contribution in [-0.4, -0.2) is 52.3 Å². The number of nitrogens with one attached hydrogen (secondary N) is 1. The minimum atomic E-state index is -0.171. The number of aromatic nitrogens is 2. The lowest BCUT2D eigenvalue weighted by Crippen LogP contribution is -2.49. The van der Waals surface area contributed by atoms with E-state index in [0.717, 1.165) is 51.9 Å². The minimum absolute atomic E-state index is 0.0535. The zero-order chi connectivity index (χ0) is 15.4. The lowest BCUT2D eigenvalue weighted by Gasteiger charge is -2.33. The number of hydrogen-bond donors (Lipinski definition) is 1. The third-order valence-electron chi connectivity index (χ3n) is 4.84. The molecule has 3 rings (SSSR count). The van der Waals surface area contributed by atoms with E-state index in [1.165, 1.54) is 0 Å². The summed E-state index contributed by atoms with van der Waals surface area (Å²) in [5, 5.41) is 3.04. The Kier molecular flexibility index (Phi) is 4.66. The molecule has 0 unspecified atom stereocenters. The van der Waals surface area contributed by atoms with Crippen LogP contribution in [-0.2, 0) is 11.3 Å². The summed E-state index contributed by atoms with van der Waals surface area (Å²) in [6, 6.07) is 0.0535. The Morgan fingerprint density at radius 2 is 2.27 bits per heavy atom. The number of nitrogens with zero attached hydrogens (tertiary/aromatic N) is 3. The van der Waals surface area contributed by atoms with Crippen molar-refractivity contribution in [2.45, 2.75) is 44.8 Å². The molecule has 6 heteroatoms. The van der Waals surface area contributed by atoms with Gasteiger partial charge in [-0.1, -0.05) is 0 Å². The Morgan fingerprint density at radius 1 is 1.45 bits per heavy atom. The van der Waals surface area contributed by atoms with Gasteiger partial charge in [0.1, 0.15) is 0 Å². The molecule has 2 saturated heterocycles. The monoisotopic (exact) mass is 306 g/mol. The van der Waals surface area contributed by atoms with Crippen LogP contribution >= 0.6 is 0 Å². The number of carbonyl (C=O) groups is 1. The first kappa shape index (κ1) is 15.3. The third-order valence-corrected chi connectivity index (χ3v) is 4.84. The molecule has 0 spiro atoms. The summed E-state index contributed by atoms with van der Waals surface area (Å²) in [5.74, 6) is 0.633. The maximum atomic E-state index is 12.3. The zero-order valence-corrected chi connectivity index (χ0v) is 13.3. The fraction of sp³-hybridized carbons (Fsp3) is 0.750. The van der Waals surface area contributed by atoms with Gasteiger partial charge >= 0.3 is 6.03 Å². The number of urea groups is 1. The number of hydrogen-bond acceptors (Lipinski definition) is 3. The molecule has 2 aliphatic heterocycles. The maximum Gasteiger partial charge on any atom is 0.317 e. The normalized spacial score (nSPS) is 26.3. The van der Waals surface area contributed by atoms with Crippen LogP contribution in [0.4, 0.5) is 4.79 Å². The van der Waals surface area contributed by atoms with Gasteiger partial charge in [0.05, 0.1) is 11.9 Å². The van der Waals surface area contributed by atoms with Crippen LogP contribution in [0, 0.1) is 5.92 Å². The predicted molar refractivity (Wildman–Crippen MR) is 83.5 cm³/mol.